The normalized spacial score (nSPS) is 12.8. The fraction of sp³-hybridized carbons (Fsp3) is 0.778. The number of hydrogen-bond acceptors (Lipinski definition) is 4. The van der Waals surface area contributed by atoms with Gasteiger partial charge in [0, 0.05) is 20.1 Å². The van der Waals surface area contributed by atoms with E-state index in [-0.39, 0.29) is 18.8 Å². The molecular formula is C9H19N3O5S. The number of sulfonamides is 1. The molecule has 0 bridgehead atoms. The number of hydrogen-bond donors (Lipinski definition) is 3. The fourth-order valence-electron chi connectivity index (χ4n) is 1.05. The van der Waals surface area contributed by atoms with Gasteiger partial charge in [0.05, 0.1) is 5.75 Å². The molecule has 9 heteroatoms. The SMILES string of the molecule is CCNS(=O)(=O)CCNC(=O)N(C)C(C)C(=O)O. The van der Waals surface area contributed by atoms with E-state index >= 15 is 0 Å². The highest BCUT2D eigenvalue weighted by atomic mass is 32.2. The van der Waals surface area contributed by atoms with Crippen LogP contribution in [0.3, 0.4) is 0 Å². The van der Waals surface area contributed by atoms with Gasteiger partial charge in [-0.3, -0.25) is 0 Å². The first kappa shape index (κ1) is 16.6. The zero-order chi connectivity index (χ0) is 14.3. The second kappa shape index (κ2) is 7.17. The molecule has 18 heavy (non-hydrogen) atoms. The van der Waals surface area contributed by atoms with Gasteiger partial charge in [-0.25, -0.2) is 22.7 Å². The van der Waals surface area contributed by atoms with Crippen molar-refractivity contribution in [1.29, 1.82) is 0 Å². The highest BCUT2D eigenvalue weighted by Gasteiger charge is 2.21. The monoisotopic (exact) mass is 281 g/mol. The lowest BCUT2D eigenvalue weighted by atomic mass is 10.3. The molecule has 0 fully saturated rings. The van der Waals surface area contributed by atoms with Gasteiger partial charge in [-0.05, 0) is 6.92 Å². The third-order valence-electron chi connectivity index (χ3n) is 2.27. The zero-order valence-electron chi connectivity index (χ0n) is 10.6. The third-order valence-corrected chi connectivity index (χ3v) is 3.74. The Bertz CT molecular complexity index is 395. The summed E-state index contributed by atoms with van der Waals surface area (Å²) in [5.74, 6) is -1.38. The summed E-state index contributed by atoms with van der Waals surface area (Å²) < 4.78 is 24.8. The first-order valence-corrected chi connectivity index (χ1v) is 7.07. The molecule has 0 heterocycles. The number of aliphatic carboxylic acids is 1. The van der Waals surface area contributed by atoms with Gasteiger partial charge < -0.3 is 15.3 Å². The van der Waals surface area contributed by atoms with Crippen LogP contribution in [-0.2, 0) is 14.8 Å². The van der Waals surface area contributed by atoms with Crippen LogP contribution in [0.25, 0.3) is 0 Å². The van der Waals surface area contributed by atoms with Crippen LogP contribution in [0.5, 0.6) is 0 Å². The maximum absolute atomic E-state index is 11.5. The van der Waals surface area contributed by atoms with E-state index in [0.717, 1.165) is 4.90 Å². The summed E-state index contributed by atoms with van der Waals surface area (Å²) in [5.41, 5.74) is 0. The predicted octanol–water partition coefficient (Wildman–Crippen LogP) is -0.960. The summed E-state index contributed by atoms with van der Waals surface area (Å²) in [6.07, 6.45) is 0. The minimum atomic E-state index is -3.39. The maximum atomic E-state index is 11.5. The molecule has 0 spiro atoms. The molecule has 0 radical (unpaired) electrons. The summed E-state index contributed by atoms with van der Waals surface area (Å²) in [4.78, 5) is 23.1. The van der Waals surface area contributed by atoms with Crippen LogP contribution in [0, 0.1) is 0 Å². The van der Waals surface area contributed by atoms with Gasteiger partial charge in [0.1, 0.15) is 6.04 Å². The number of carbonyl (C=O) groups is 2. The number of rotatable bonds is 7. The third kappa shape index (κ3) is 5.82. The first-order valence-electron chi connectivity index (χ1n) is 5.42. The molecule has 0 rings (SSSR count). The standard InChI is InChI=1S/C9H19N3O5S/c1-4-11-18(16,17)6-5-10-9(15)12(3)7(2)8(13)14/h7,11H,4-6H2,1-3H3,(H,10,15)(H,13,14). The number of nitrogens with one attached hydrogen (secondary N) is 2. The van der Waals surface area contributed by atoms with Gasteiger partial charge in [-0.15, -0.1) is 0 Å². The number of carboxylic acids is 1. The van der Waals surface area contributed by atoms with E-state index in [0.29, 0.717) is 0 Å². The second-order valence-corrected chi connectivity index (χ2v) is 5.60. The van der Waals surface area contributed by atoms with Crippen LogP contribution < -0.4 is 10.0 Å². The van der Waals surface area contributed by atoms with Crippen molar-refractivity contribution in [2.45, 2.75) is 19.9 Å². The Labute approximate surface area is 106 Å². The number of urea groups is 1. The summed E-state index contributed by atoms with van der Waals surface area (Å²) in [7, 11) is -2.06. The zero-order valence-corrected chi connectivity index (χ0v) is 11.5. The summed E-state index contributed by atoms with van der Waals surface area (Å²) in [6, 6.07) is -1.60. The van der Waals surface area contributed by atoms with Crippen LogP contribution in [0.4, 0.5) is 4.79 Å². The topological polar surface area (TPSA) is 116 Å². The minimum Gasteiger partial charge on any atom is -0.480 e. The van der Waals surface area contributed by atoms with Crippen LogP contribution >= 0.6 is 0 Å². The molecule has 0 aromatic heterocycles. The van der Waals surface area contributed by atoms with Crippen LogP contribution in [0.1, 0.15) is 13.8 Å². The largest absolute Gasteiger partial charge is 0.480 e. The molecule has 0 saturated carbocycles. The number of carbonyl (C=O) groups excluding carboxylic acids is 1. The van der Waals surface area contributed by atoms with Gasteiger partial charge >= 0.3 is 12.0 Å². The average molecular weight is 281 g/mol. The Morgan fingerprint density at radius 3 is 2.39 bits per heavy atom. The minimum absolute atomic E-state index is 0.0785. The van der Waals surface area contributed by atoms with Gasteiger partial charge in [0.2, 0.25) is 10.0 Å². The lowest BCUT2D eigenvalue weighted by Gasteiger charge is -2.21. The second-order valence-electron chi connectivity index (χ2n) is 3.67. The van der Waals surface area contributed by atoms with Crippen LogP contribution in [0.15, 0.2) is 0 Å². The summed E-state index contributed by atoms with van der Waals surface area (Å²) in [6.45, 7) is 3.22. The van der Waals surface area contributed by atoms with E-state index in [1.807, 2.05) is 0 Å². The van der Waals surface area contributed by atoms with Crippen molar-refractivity contribution in [2.24, 2.45) is 0 Å². The van der Waals surface area contributed by atoms with Crippen molar-refractivity contribution in [3.05, 3.63) is 0 Å². The molecule has 0 aliphatic rings. The van der Waals surface area contributed by atoms with E-state index in [4.69, 9.17) is 5.11 Å². The molecule has 2 amide bonds. The summed E-state index contributed by atoms with van der Waals surface area (Å²) in [5, 5.41) is 11.0. The number of carboxylic acid groups (broad SMARTS) is 1. The molecule has 1 atom stereocenters. The van der Waals surface area contributed by atoms with Crippen LogP contribution in [0.2, 0.25) is 0 Å². The molecule has 8 nitrogen and oxygen atoms in total. The first-order chi connectivity index (χ1) is 8.21. The molecule has 1 unspecified atom stereocenters. The number of amides is 2. The van der Waals surface area contributed by atoms with Crippen molar-refractivity contribution >= 4 is 22.0 Å². The molecule has 106 valence electrons. The van der Waals surface area contributed by atoms with Crippen LogP contribution in [-0.4, -0.2) is 62.4 Å². The van der Waals surface area contributed by atoms with E-state index < -0.39 is 28.1 Å². The van der Waals surface area contributed by atoms with E-state index in [2.05, 4.69) is 10.0 Å². The molecule has 0 aromatic carbocycles. The van der Waals surface area contributed by atoms with Gasteiger partial charge in [-0.1, -0.05) is 6.92 Å². The van der Waals surface area contributed by atoms with Crippen molar-refractivity contribution in [3.8, 4) is 0 Å². The molecule has 0 saturated heterocycles. The van der Waals surface area contributed by atoms with Gasteiger partial charge in [0.15, 0.2) is 0 Å². The lowest BCUT2D eigenvalue weighted by Crippen LogP contribution is -2.47. The average Bonchev–Trinajstić information content (AvgIpc) is 2.26. The molecule has 0 aliphatic carbocycles. The van der Waals surface area contributed by atoms with Crippen molar-refractivity contribution in [3.63, 3.8) is 0 Å². The molecule has 3 N–H and O–H groups in total. The quantitative estimate of drug-likeness (QED) is 0.556. The Kier molecular flexibility index (Phi) is 6.63. The highest BCUT2D eigenvalue weighted by molar-refractivity contribution is 7.89. The van der Waals surface area contributed by atoms with Gasteiger partial charge in [-0.2, -0.15) is 0 Å². The van der Waals surface area contributed by atoms with Crippen molar-refractivity contribution in [2.75, 3.05) is 25.9 Å². The molecule has 0 aliphatic heterocycles. The van der Waals surface area contributed by atoms with E-state index in [1.54, 1.807) is 6.92 Å². The smallest absolute Gasteiger partial charge is 0.326 e. The van der Waals surface area contributed by atoms with Crippen molar-refractivity contribution < 1.29 is 23.1 Å². The summed E-state index contributed by atoms with van der Waals surface area (Å²) >= 11 is 0. The maximum Gasteiger partial charge on any atom is 0.326 e. The van der Waals surface area contributed by atoms with Gasteiger partial charge in [0.25, 0.3) is 0 Å². The lowest BCUT2D eigenvalue weighted by molar-refractivity contribution is -0.141. The van der Waals surface area contributed by atoms with Crippen molar-refractivity contribution in [1.82, 2.24) is 14.9 Å². The predicted molar refractivity (Wildman–Crippen MR) is 65.7 cm³/mol. The van der Waals surface area contributed by atoms with E-state index in [1.165, 1.54) is 14.0 Å². The Morgan fingerprint density at radius 2 is 1.94 bits per heavy atom. The number of nitrogens with zero attached hydrogens (tertiary/aromatic N) is 1. The molecular weight excluding hydrogens is 262 g/mol. The Hall–Kier alpha value is -1.35. The number of likely N-dealkylation sites (N-methyl/N-ethyl adjacent to an activating group) is 1. The fourth-order valence-corrected chi connectivity index (χ4v) is 2.01. The molecule has 0 aromatic rings. The highest BCUT2D eigenvalue weighted by Crippen LogP contribution is 1.95. The Morgan fingerprint density at radius 1 is 1.39 bits per heavy atom. The Balaban J connectivity index is 4.16. The van der Waals surface area contributed by atoms with E-state index in [9.17, 15) is 18.0 Å².